The third-order valence-corrected chi connectivity index (χ3v) is 6.61. The van der Waals surface area contributed by atoms with Crippen LogP contribution in [0.25, 0.3) is 10.9 Å². The highest BCUT2D eigenvalue weighted by Crippen LogP contribution is 2.25. The number of aromatic amines is 1. The number of hydrogen-bond donors (Lipinski definition) is 4. The van der Waals surface area contributed by atoms with Crippen molar-refractivity contribution in [3.8, 4) is 0 Å². The number of fused-ring (bicyclic) bond motifs is 1. The number of ether oxygens (including phenoxy) is 2. The van der Waals surface area contributed by atoms with E-state index in [1.807, 2.05) is 36.5 Å². The Hall–Kier alpha value is -4.54. The van der Waals surface area contributed by atoms with Crippen LogP contribution in [0, 0.1) is 0 Å². The van der Waals surface area contributed by atoms with Crippen LogP contribution in [-0.2, 0) is 25.5 Å². The molecule has 1 fully saturated rings. The Bertz CT molecular complexity index is 1370. The number of carbonyl (C=O) groups is 4. The van der Waals surface area contributed by atoms with E-state index in [1.54, 1.807) is 45.0 Å². The predicted octanol–water partition coefficient (Wildman–Crippen LogP) is 3.57. The summed E-state index contributed by atoms with van der Waals surface area (Å²) in [5.41, 5.74) is 1.59. The number of alkyl carbamates (subject to hydrolysis) is 1. The molecule has 3 atom stereocenters. The quantitative estimate of drug-likeness (QED) is 0.332. The first-order chi connectivity index (χ1) is 19.1. The third kappa shape index (κ3) is 6.90. The molecule has 4 N–H and O–H groups in total. The first kappa shape index (κ1) is 28.5. The van der Waals surface area contributed by atoms with Gasteiger partial charge in [0.15, 0.2) is 0 Å². The van der Waals surface area contributed by atoms with Gasteiger partial charge in [0.25, 0.3) is 0 Å². The van der Waals surface area contributed by atoms with Crippen molar-refractivity contribution in [2.45, 2.75) is 57.3 Å². The largest absolute Gasteiger partial charge is 0.469 e. The van der Waals surface area contributed by atoms with Crippen molar-refractivity contribution in [2.75, 3.05) is 19.0 Å². The minimum atomic E-state index is -1.17. The van der Waals surface area contributed by atoms with E-state index in [1.165, 1.54) is 12.0 Å². The molecular formula is C29H35N5O6. The zero-order chi connectivity index (χ0) is 28.9. The average molecular weight is 550 g/mol. The van der Waals surface area contributed by atoms with Gasteiger partial charge in [-0.15, -0.1) is 0 Å². The summed E-state index contributed by atoms with van der Waals surface area (Å²) < 4.78 is 10.4. The molecule has 0 spiro atoms. The highest BCUT2D eigenvalue weighted by molar-refractivity contribution is 5.96. The predicted molar refractivity (Wildman–Crippen MR) is 150 cm³/mol. The molecule has 11 nitrogen and oxygen atoms in total. The lowest BCUT2D eigenvalue weighted by atomic mass is 9.93. The van der Waals surface area contributed by atoms with Gasteiger partial charge in [0.1, 0.15) is 11.6 Å². The number of H-pyrrole nitrogens is 1. The van der Waals surface area contributed by atoms with Gasteiger partial charge in [0.2, 0.25) is 5.91 Å². The van der Waals surface area contributed by atoms with Crippen LogP contribution in [0.2, 0.25) is 0 Å². The lowest BCUT2D eigenvalue weighted by Gasteiger charge is -2.44. The zero-order valence-corrected chi connectivity index (χ0v) is 23.0. The normalized spacial score (nSPS) is 18.0. The second kappa shape index (κ2) is 12.1. The van der Waals surface area contributed by atoms with Crippen LogP contribution in [-0.4, -0.2) is 71.3 Å². The maximum Gasteiger partial charge on any atom is 0.407 e. The highest BCUT2D eigenvalue weighted by atomic mass is 16.6. The van der Waals surface area contributed by atoms with Gasteiger partial charge in [-0.25, -0.2) is 9.59 Å². The molecule has 2 aromatic carbocycles. The van der Waals surface area contributed by atoms with Gasteiger partial charge in [0.05, 0.1) is 25.6 Å². The molecule has 1 aromatic heterocycles. The Balaban J connectivity index is 1.73. The minimum absolute atomic E-state index is 0.0432. The van der Waals surface area contributed by atoms with Crippen molar-refractivity contribution < 1.29 is 28.7 Å². The summed E-state index contributed by atoms with van der Waals surface area (Å²) in [5.74, 6) is -1.14. The van der Waals surface area contributed by atoms with E-state index >= 15 is 0 Å². The number of hydrogen-bond acceptors (Lipinski definition) is 6. The fourth-order valence-corrected chi connectivity index (χ4v) is 4.83. The number of para-hydroxylation sites is 2. The second-order valence-electron chi connectivity index (χ2n) is 10.6. The topological polar surface area (TPSA) is 142 Å². The summed E-state index contributed by atoms with van der Waals surface area (Å²) in [7, 11) is 1.22. The number of carbonyl (C=O) groups excluding carboxylic acids is 4. The first-order valence-electron chi connectivity index (χ1n) is 13.1. The molecule has 4 rings (SSSR count). The van der Waals surface area contributed by atoms with Gasteiger partial charge in [-0.1, -0.05) is 36.4 Å². The Morgan fingerprint density at radius 1 is 1.07 bits per heavy atom. The smallest absolute Gasteiger partial charge is 0.407 e. The molecule has 0 saturated carbocycles. The molecule has 0 aliphatic carbocycles. The van der Waals surface area contributed by atoms with Crippen molar-refractivity contribution in [1.29, 1.82) is 0 Å². The van der Waals surface area contributed by atoms with Crippen molar-refractivity contribution in [3.05, 3.63) is 66.4 Å². The van der Waals surface area contributed by atoms with Crippen LogP contribution < -0.4 is 16.0 Å². The second-order valence-corrected chi connectivity index (χ2v) is 10.6. The molecule has 1 saturated heterocycles. The monoisotopic (exact) mass is 549 g/mol. The molecule has 40 heavy (non-hydrogen) atoms. The van der Waals surface area contributed by atoms with Gasteiger partial charge < -0.3 is 35.3 Å². The van der Waals surface area contributed by atoms with E-state index in [0.29, 0.717) is 12.1 Å². The molecule has 1 aliphatic heterocycles. The van der Waals surface area contributed by atoms with E-state index in [0.717, 1.165) is 16.5 Å². The molecule has 212 valence electrons. The molecule has 1 aliphatic rings. The number of piperazine rings is 1. The molecular weight excluding hydrogens is 514 g/mol. The van der Waals surface area contributed by atoms with E-state index < -0.39 is 47.7 Å². The number of benzene rings is 2. The Labute approximate surface area is 232 Å². The number of urea groups is 1. The van der Waals surface area contributed by atoms with Crippen molar-refractivity contribution >= 4 is 40.6 Å². The van der Waals surface area contributed by atoms with Crippen LogP contribution in [0.5, 0.6) is 0 Å². The highest BCUT2D eigenvalue weighted by Gasteiger charge is 2.45. The fourth-order valence-electron chi connectivity index (χ4n) is 4.83. The number of aromatic nitrogens is 1. The number of nitrogens with zero attached hydrogens (tertiary/aromatic N) is 1. The van der Waals surface area contributed by atoms with Crippen LogP contribution in [0.15, 0.2) is 60.8 Å². The van der Waals surface area contributed by atoms with Crippen LogP contribution in [0.4, 0.5) is 15.3 Å². The lowest BCUT2D eigenvalue weighted by Crippen LogP contribution is -2.69. The summed E-state index contributed by atoms with van der Waals surface area (Å²) in [4.78, 5) is 56.7. The van der Waals surface area contributed by atoms with Crippen LogP contribution >= 0.6 is 0 Å². The van der Waals surface area contributed by atoms with E-state index in [2.05, 4.69) is 20.9 Å². The average Bonchev–Trinajstić information content (AvgIpc) is 3.31. The lowest BCUT2D eigenvalue weighted by molar-refractivity contribution is -0.145. The first-order valence-corrected chi connectivity index (χ1v) is 13.1. The summed E-state index contributed by atoms with van der Waals surface area (Å²) in [6.07, 6.45) is 1.15. The standard InChI is InChI=1S/C29H35N5O6/c1-29(2,3)40-28(38)33-22(14-18-16-30-21-13-9-8-12-20(18)21)24-17-31-26(36)23(15-25(35)39-4)34(24)27(37)32-19-10-6-5-7-11-19/h5-13,16,22-24,30H,14-15,17H2,1-4H3,(H,31,36)(H,32,37)(H,33,38)/t22-,23-,24+/m0/s1. The number of anilines is 1. The maximum absolute atomic E-state index is 13.8. The van der Waals surface area contributed by atoms with Crippen LogP contribution in [0.3, 0.4) is 0 Å². The summed E-state index contributed by atoms with van der Waals surface area (Å²) in [6, 6.07) is 13.3. The van der Waals surface area contributed by atoms with Crippen LogP contribution in [0.1, 0.15) is 32.8 Å². The Kier molecular flexibility index (Phi) is 8.61. The molecule has 3 aromatic rings. The van der Waals surface area contributed by atoms with Gasteiger partial charge in [-0.2, -0.15) is 0 Å². The van der Waals surface area contributed by atoms with Crippen molar-refractivity contribution in [3.63, 3.8) is 0 Å². The van der Waals surface area contributed by atoms with E-state index in [-0.39, 0.29) is 13.0 Å². The van der Waals surface area contributed by atoms with E-state index in [4.69, 9.17) is 9.47 Å². The molecule has 0 radical (unpaired) electrons. The summed E-state index contributed by atoms with van der Waals surface area (Å²) >= 11 is 0. The van der Waals surface area contributed by atoms with Gasteiger partial charge in [0, 0.05) is 29.3 Å². The number of methoxy groups -OCH3 is 1. The SMILES string of the molecule is COC(=O)C[C@H]1C(=O)NC[C@H]([C@H](Cc2c[nH]c3ccccc23)NC(=O)OC(C)(C)C)N1C(=O)Nc1ccccc1. The number of esters is 1. The fraction of sp³-hybridized carbons (Fsp3) is 0.379. The van der Waals surface area contributed by atoms with Crippen molar-refractivity contribution in [2.24, 2.45) is 0 Å². The van der Waals surface area contributed by atoms with Crippen molar-refractivity contribution in [1.82, 2.24) is 20.5 Å². The van der Waals surface area contributed by atoms with Gasteiger partial charge >= 0.3 is 18.1 Å². The molecule has 0 unspecified atom stereocenters. The zero-order valence-electron chi connectivity index (χ0n) is 23.0. The summed E-state index contributed by atoms with van der Waals surface area (Å²) in [5, 5.41) is 9.53. The van der Waals surface area contributed by atoms with E-state index in [9.17, 15) is 19.2 Å². The number of amides is 4. The Morgan fingerprint density at radius 2 is 1.77 bits per heavy atom. The number of rotatable bonds is 7. The summed E-state index contributed by atoms with van der Waals surface area (Å²) in [6.45, 7) is 5.32. The number of nitrogens with one attached hydrogen (secondary N) is 4. The maximum atomic E-state index is 13.8. The third-order valence-electron chi connectivity index (χ3n) is 6.61. The Morgan fingerprint density at radius 3 is 2.48 bits per heavy atom. The molecule has 4 amide bonds. The van der Waals surface area contributed by atoms with Gasteiger partial charge in [-0.3, -0.25) is 9.59 Å². The molecule has 11 heteroatoms. The molecule has 2 heterocycles. The minimum Gasteiger partial charge on any atom is -0.469 e. The molecule has 0 bridgehead atoms. The van der Waals surface area contributed by atoms with Gasteiger partial charge in [-0.05, 0) is 51.0 Å².